The Bertz CT molecular complexity index is 2040. The number of fused-ring (bicyclic) bond motifs is 20. The number of benzene rings is 4. The van der Waals surface area contributed by atoms with Crippen LogP contribution in [0.2, 0.25) is 0 Å². The Hall–Kier alpha value is -4.52. The Morgan fingerprint density at radius 3 is 0.857 bits per heavy atom. The normalized spacial score (nSPS) is 11.6. The standard InChI is InChI=1S/C32H16N8.Co.HI/c1-2-10-18-17(9-1)25-33-26(18)38-28-21-13-5-6-14-22(21)30(35-28)40-32-24-16-8-7-15-23(24)31(36-32)39-29-20-12-4-3-11-19(20)27(34-29)37-25;;/h1-16H;;1H/q-2;+3;/p-1. The number of hydrogen-bond donors (Lipinski definition) is 0. The first kappa shape index (κ1) is 25.2. The molecule has 4 aromatic carbocycles. The van der Waals surface area contributed by atoms with Gasteiger partial charge in [-0.15, -0.1) is 0 Å². The van der Waals surface area contributed by atoms with Gasteiger partial charge in [-0.25, -0.2) is 9.97 Å². The second kappa shape index (κ2) is 10.1. The van der Waals surface area contributed by atoms with E-state index in [2.05, 4.69) is 12.5 Å². The number of nitrogens with zero attached hydrogens (tertiary/aromatic N) is 8. The molecule has 0 aliphatic carbocycles. The molecular weight excluding hydrogens is 682 g/mol. The third kappa shape index (κ3) is 3.94. The molecule has 0 unspecified atom stereocenters. The van der Waals surface area contributed by atoms with Crippen LogP contribution in [0.25, 0.3) is 89.7 Å². The van der Waals surface area contributed by atoms with Gasteiger partial charge in [0, 0.05) is 44.8 Å². The molecule has 0 atom stereocenters. The van der Waals surface area contributed by atoms with Gasteiger partial charge >= 0.3 is 32.9 Å². The van der Waals surface area contributed by atoms with E-state index in [-0.39, 0.29) is 0 Å². The van der Waals surface area contributed by atoms with Gasteiger partial charge in [0.05, 0.1) is 23.3 Å². The number of halogens is 1. The average Bonchev–Trinajstić information content (AvgIpc) is 3.78. The maximum atomic E-state index is 4.95. The van der Waals surface area contributed by atoms with Crippen molar-refractivity contribution in [3.63, 3.8) is 0 Å². The summed E-state index contributed by atoms with van der Waals surface area (Å²) < 4.78 is 0. The molecule has 0 amide bonds. The predicted octanol–water partition coefficient (Wildman–Crippen LogP) is 7.01. The monoisotopic (exact) mass is 698 g/mol. The van der Waals surface area contributed by atoms with Crippen LogP contribution in [0.5, 0.6) is 0 Å². The van der Waals surface area contributed by atoms with Crippen LogP contribution in [-0.2, 0) is 12.5 Å². The molecular formula is C32H16CoIN8. The second-order valence-corrected chi connectivity index (χ2v) is 9.67. The molecule has 2 aliphatic rings. The first-order chi connectivity index (χ1) is 20.8. The number of aromatic nitrogens is 8. The average molecular weight is 698 g/mol. The van der Waals surface area contributed by atoms with Crippen molar-refractivity contribution in [3.05, 3.63) is 97.1 Å². The summed E-state index contributed by atoms with van der Waals surface area (Å²) in [6.07, 6.45) is 0. The van der Waals surface area contributed by atoms with Crippen LogP contribution < -0.4 is 9.97 Å². The maximum Gasteiger partial charge on any atom is 0.0927 e. The number of rotatable bonds is 0. The van der Waals surface area contributed by atoms with Crippen molar-refractivity contribution in [1.82, 2.24) is 39.9 Å². The van der Waals surface area contributed by atoms with Crippen LogP contribution in [0, 0.1) is 0 Å². The fourth-order valence-electron chi connectivity index (χ4n) is 5.46. The fourth-order valence-corrected chi connectivity index (χ4v) is 5.46. The van der Waals surface area contributed by atoms with Gasteiger partial charge in [-0.05, 0) is 21.5 Å². The quantitative estimate of drug-likeness (QED) is 0.156. The molecule has 5 heterocycles. The predicted molar refractivity (Wildman–Crippen MR) is 168 cm³/mol. The zero-order valence-electron chi connectivity index (χ0n) is 21.5. The minimum absolute atomic E-state index is 0.552. The second-order valence-electron chi connectivity index (χ2n) is 9.67. The minimum atomic E-state index is 0.552. The Morgan fingerprint density at radius 2 is 0.595 bits per heavy atom. The molecule has 2 aliphatic heterocycles. The van der Waals surface area contributed by atoms with Crippen molar-refractivity contribution in [2.75, 3.05) is 0 Å². The molecule has 42 heavy (non-hydrogen) atoms. The van der Waals surface area contributed by atoms with Crippen LogP contribution in [0.4, 0.5) is 0 Å². The van der Waals surface area contributed by atoms with E-state index < -0.39 is 0 Å². The molecule has 0 spiro atoms. The van der Waals surface area contributed by atoms with E-state index in [9.17, 15) is 0 Å². The van der Waals surface area contributed by atoms with Gasteiger partial charge in [0.2, 0.25) is 0 Å². The zero-order valence-corrected chi connectivity index (χ0v) is 24.7. The van der Waals surface area contributed by atoms with Gasteiger partial charge < -0.3 is 29.9 Å². The van der Waals surface area contributed by atoms with Crippen molar-refractivity contribution >= 4 is 64.5 Å². The molecule has 0 saturated heterocycles. The molecule has 3 aromatic heterocycles. The summed E-state index contributed by atoms with van der Waals surface area (Å²) in [6, 6.07) is 31.8. The topological polar surface area (TPSA) is 106 Å². The minimum Gasteiger partial charge on any atom is -0.357 e. The van der Waals surface area contributed by atoms with Gasteiger partial charge in [0.1, 0.15) is 0 Å². The summed E-state index contributed by atoms with van der Waals surface area (Å²) >= 11 is 5.37. The molecule has 8 bridgehead atoms. The Kier molecular flexibility index (Phi) is 6.05. The van der Waals surface area contributed by atoms with Crippen LogP contribution in [0.1, 0.15) is 0 Å². The third-order valence-electron chi connectivity index (χ3n) is 7.33. The van der Waals surface area contributed by atoms with Crippen LogP contribution in [-0.4, -0.2) is 29.9 Å². The molecule has 0 fully saturated rings. The third-order valence-corrected chi connectivity index (χ3v) is 7.33. The van der Waals surface area contributed by atoms with Crippen LogP contribution in [0.3, 0.4) is 0 Å². The smallest absolute Gasteiger partial charge is 0.0927 e. The summed E-state index contributed by atoms with van der Waals surface area (Å²) in [5.74, 6) is 2.21. The van der Waals surface area contributed by atoms with E-state index in [1.165, 1.54) is 0 Å². The van der Waals surface area contributed by atoms with Crippen LogP contribution >= 0.6 is 20.4 Å². The molecule has 8 nitrogen and oxygen atoms in total. The van der Waals surface area contributed by atoms with Crippen molar-refractivity contribution < 1.29 is 12.5 Å². The van der Waals surface area contributed by atoms with Crippen molar-refractivity contribution in [2.45, 2.75) is 0 Å². The molecule has 7 aromatic rings. The van der Waals surface area contributed by atoms with E-state index in [0.717, 1.165) is 43.8 Å². The molecule has 0 N–H and O–H groups in total. The molecule has 0 saturated carbocycles. The summed E-state index contributed by atoms with van der Waals surface area (Å²) in [5.41, 5.74) is 5.78. The Balaban J connectivity index is 0.00000131. The van der Waals surface area contributed by atoms with E-state index in [1.807, 2.05) is 117 Å². The van der Waals surface area contributed by atoms with E-state index in [1.54, 1.807) is 0 Å². The first-order valence-corrected chi connectivity index (χ1v) is 16.4. The van der Waals surface area contributed by atoms with Crippen LogP contribution in [0.15, 0.2) is 97.1 Å². The van der Waals surface area contributed by atoms with Crippen molar-refractivity contribution in [2.24, 2.45) is 0 Å². The van der Waals surface area contributed by atoms with Gasteiger partial charge in [-0.1, -0.05) is 97.1 Å². The first-order valence-electron chi connectivity index (χ1n) is 13.0. The molecule has 0 radical (unpaired) electrons. The molecule has 10 heteroatoms. The summed E-state index contributed by atoms with van der Waals surface area (Å²) in [5, 5.41) is 3.57. The molecule has 200 valence electrons. The van der Waals surface area contributed by atoms with E-state index >= 15 is 0 Å². The maximum absolute atomic E-state index is 4.95. The SMILES string of the molecule is [Co+2][I].c1ccc2c(c1)-c1nc-2nc2[n-]c(nc3nc(nc4[n-]c(n1)c1ccccc41)-c1ccccc1-3)c1ccccc21. The van der Waals surface area contributed by atoms with Gasteiger partial charge in [-0.3, -0.25) is 0 Å². The van der Waals surface area contributed by atoms with Crippen molar-refractivity contribution in [1.29, 1.82) is 0 Å². The fraction of sp³-hybridized carbons (Fsp3) is 0. The van der Waals surface area contributed by atoms with Crippen molar-refractivity contribution in [3.8, 4) is 45.6 Å². The van der Waals surface area contributed by atoms with Gasteiger partial charge in [0.15, 0.2) is 0 Å². The number of hydrogen-bond acceptors (Lipinski definition) is 6. The molecule has 9 rings (SSSR count). The zero-order chi connectivity index (χ0) is 28.2. The largest absolute Gasteiger partial charge is 0.357 e. The van der Waals surface area contributed by atoms with Gasteiger partial charge in [0.25, 0.3) is 0 Å². The van der Waals surface area contributed by atoms with E-state index in [4.69, 9.17) is 39.9 Å². The van der Waals surface area contributed by atoms with Gasteiger partial charge in [-0.2, -0.15) is 0 Å². The summed E-state index contributed by atoms with van der Waals surface area (Å²) in [6.45, 7) is 0. The summed E-state index contributed by atoms with van der Waals surface area (Å²) in [7, 11) is 0. The Morgan fingerprint density at radius 1 is 0.357 bits per heavy atom. The summed E-state index contributed by atoms with van der Waals surface area (Å²) in [4.78, 5) is 39.3. The Labute approximate surface area is 258 Å². The van der Waals surface area contributed by atoms with E-state index in [0.29, 0.717) is 45.9 Å².